The topological polar surface area (TPSA) is 38.7 Å². The number of hydrogen-bond acceptors (Lipinski definition) is 5. The van der Waals surface area contributed by atoms with Crippen LogP contribution in [0.4, 0.5) is 13.2 Å². The van der Waals surface area contributed by atoms with Crippen molar-refractivity contribution >= 4 is 23.1 Å². The molecule has 2 rings (SSSR count). The molecule has 8 heteroatoms. The van der Waals surface area contributed by atoms with Crippen molar-refractivity contribution in [3.05, 3.63) is 29.0 Å². The highest BCUT2D eigenvalue weighted by Crippen LogP contribution is 2.31. The molecule has 0 aliphatic heterocycles. The van der Waals surface area contributed by atoms with Crippen molar-refractivity contribution in [2.45, 2.75) is 22.6 Å². The van der Waals surface area contributed by atoms with Crippen LogP contribution in [0.2, 0.25) is 0 Å². The van der Waals surface area contributed by atoms with Crippen LogP contribution in [0.25, 0.3) is 0 Å². The van der Waals surface area contributed by atoms with E-state index in [2.05, 4.69) is 15.0 Å². The van der Waals surface area contributed by atoms with Gasteiger partial charge in [0, 0.05) is 17.3 Å². The highest BCUT2D eigenvalue weighted by Gasteiger charge is 2.32. The molecule has 0 atom stereocenters. The molecule has 0 fully saturated rings. The molecule has 2 aromatic heterocycles. The summed E-state index contributed by atoms with van der Waals surface area (Å²) in [4.78, 5) is 11.3. The molecule has 0 aromatic carbocycles. The Labute approximate surface area is 103 Å². The highest BCUT2D eigenvalue weighted by molar-refractivity contribution is 8.00. The Bertz CT molecular complexity index is 524. The van der Waals surface area contributed by atoms with Gasteiger partial charge in [-0.2, -0.15) is 13.2 Å². The van der Waals surface area contributed by atoms with Gasteiger partial charge in [-0.15, -0.1) is 11.3 Å². The van der Waals surface area contributed by atoms with Crippen molar-refractivity contribution in [2.24, 2.45) is 0 Å². The molecule has 0 saturated carbocycles. The SMILES string of the molecule is Cc1csc(Sc2nccc(C(F)(F)F)n2)n1. The van der Waals surface area contributed by atoms with Crippen molar-refractivity contribution in [1.82, 2.24) is 15.0 Å². The lowest BCUT2D eigenvalue weighted by molar-refractivity contribution is -0.141. The lowest BCUT2D eigenvalue weighted by atomic mass is 10.4. The average molecular weight is 277 g/mol. The number of alkyl halides is 3. The van der Waals surface area contributed by atoms with Crippen LogP contribution in [0.15, 0.2) is 27.1 Å². The third-order valence-electron chi connectivity index (χ3n) is 1.70. The lowest BCUT2D eigenvalue weighted by Crippen LogP contribution is -2.08. The molecular weight excluding hydrogens is 271 g/mol. The second kappa shape index (κ2) is 4.61. The first-order valence-electron chi connectivity index (χ1n) is 4.45. The quantitative estimate of drug-likeness (QED) is 0.788. The largest absolute Gasteiger partial charge is 0.433 e. The molecule has 17 heavy (non-hydrogen) atoms. The second-order valence-electron chi connectivity index (χ2n) is 3.08. The molecule has 0 radical (unpaired) electrons. The van der Waals surface area contributed by atoms with Gasteiger partial charge in [0.05, 0.1) is 0 Å². The fourth-order valence-corrected chi connectivity index (χ4v) is 2.69. The van der Waals surface area contributed by atoms with E-state index in [0.29, 0.717) is 4.34 Å². The van der Waals surface area contributed by atoms with Gasteiger partial charge in [0.25, 0.3) is 0 Å². The summed E-state index contributed by atoms with van der Waals surface area (Å²) in [6.07, 6.45) is -3.35. The molecule has 0 amide bonds. The third kappa shape index (κ3) is 3.16. The maximum atomic E-state index is 12.4. The fraction of sp³-hybridized carbons (Fsp3) is 0.222. The number of rotatable bonds is 2. The van der Waals surface area contributed by atoms with Crippen LogP contribution in [-0.2, 0) is 6.18 Å². The maximum absolute atomic E-state index is 12.4. The molecule has 0 unspecified atom stereocenters. The minimum atomic E-state index is -4.45. The maximum Gasteiger partial charge on any atom is 0.433 e. The molecule has 0 aliphatic carbocycles. The molecule has 0 spiro atoms. The minimum absolute atomic E-state index is 0.0502. The van der Waals surface area contributed by atoms with Gasteiger partial charge in [0.2, 0.25) is 0 Å². The van der Waals surface area contributed by atoms with E-state index in [1.165, 1.54) is 11.3 Å². The molecule has 0 bridgehead atoms. The molecule has 2 heterocycles. The van der Waals surface area contributed by atoms with E-state index in [0.717, 1.165) is 29.7 Å². The van der Waals surface area contributed by atoms with E-state index in [4.69, 9.17) is 0 Å². The number of aryl methyl sites for hydroxylation is 1. The van der Waals surface area contributed by atoms with Gasteiger partial charge < -0.3 is 0 Å². The zero-order chi connectivity index (χ0) is 12.5. The highest BCUT2D eigenvalue weighted by atomic mass is 32.2. The van der Waals surface area contributed by atoms with Crippen LogP contribution in [0.1, 0.15) is 11.4 Å². The number of halogens is 3. The van der Waals surface area contributed by atoms with Crippen molar-refractivity contribution in [2.75, 3.05) is 0 Å². The fourth-order valence-electron chi connectivity index (χ4n) is 1.01. The number of thiazole rings is 1. The first-order valence-corrected chi connectivity index (χ1v) is 6.15. The van der Waals surface area contributed by atoms with Crippen LogP contribution >= 0.6 is 23.1 Å². The molecule has 3 nitrogen and oxygen atoms in total. The van der Waals surface area contributed by atoms with E-state index < -0.39 is 11.9 Å². The summed E-state index contributed by atoms with van der Waals surface area (Å²) < 4.78 is 37.8. The summed E-state index contributed by atoms with van der Waals surface area (Å²) in [7, 11) is 0. The number of hydrogen-bond donors (Lipinski definition) is 0. The van der Waals surface area contributed by atoms with Gasteiger partial charge in [-0.25, -0.2) is 15.0 Å². The molecule has 0 saturated heterocycles. The van der Waals surface area contributed by atoms with Gasteiger partial charge in [0.15, 0.2) is 9.50 Å². The smallest absolute Gasteiger partial charge is 0.235 e. The van der Waals surface area contributed by atoms with Crippen molar-refractivity contribution in [1.29, 1.82) is 0 Å². The van der Waals surface area contributed by atoms with Crippen LogP contribution in [0.5, 0.6) is 0 Å². The van der Waals surface area contributed by atoms with Crippen molar-refractivity contribution in [3.8, 4) is 0 Å². The van der Waals surface area contributed by atoms with Crippen LogP contribution in [0, 0.1) is 6.92 Å². The summed E-state index contributed by atoms with van der Waals surface area (Å²) in [5.41, 5.74) is -0.118. The first-order chi connectivity index (χ1) is 7.95. The zero-order valence-electron chi connectivity index (χ0n) is 8.52. The van der Waals surface area contributed by atoms with Crippen LogP contribution in [-0.4, -0.2) is 15.0 Å². The Morgan fingerprint density at radius 1 is 1.29 bits per heavy atom. The normalized spacial score (nSPS) is 11.8. The Morgan fingerprint density at radius 3 is 2.65 bits per heavy atom. The summed E-state index contributed by atoms with van der Waals surface area (Å²) in [6, 6.07) is 0.844. The van der Waals surface area contributed by atoms with Gasteiger partial charge in [-0.05, 0) is 24.8 Å². The number of nitrogens with zero attached hydrogens (tertiary/aromatic N) is 3. The monoisotopic (exact) mass is 277 g/mol. The van der Waals surface area contributed by atoms with Gasteiger partial charge >= 0.3 is 6.18 Å². The van der Waals surface area contributed by atoms with E-state index in [-0.39, 0.29) is 5.16 Å². The summed E-state index contributed by atoms with van der Waals surface area (Å²) in [6.45, 7) is 1.81. The average Bonchev–Trinajstić information content (AvgIpc) is 2.63. The lowest BCUT2D eigenvalue weighted by Gasteiger charge is -2.05. The molecule has 2 aromatic rings. The Balaban J connectivity index is 2.22. The predicted molar refractivity (Wildman–Crippen MR) is 58.0 cm³/mol. The summed E-state index contributed by atoms with van der Waals surface area (Å²) in [5, 5.41) is 1.87. The first kappa shape index (κ1) is 12.3. The second-order valence-corrected chi connectivity index (χ2v) is 5.15. The van der Waals surface area contributed by atoms with Crippen molar-refractivity contribution < 1.29 is 13.2 Å². The van der Waals surface area contributed by atoms with Crippen LogP contribution in [0.3, 0.4) is 0 Å². The van der Waals surface area contributed by atoms with Gasteiger partial charge in [-0.3, -0.25) is 0 Å². The van der Waals surface area contributed by atoms with E-state index in [9.17, 15) is 13.2 Å². The van der Waals surface area contributed by atoms with Gasteiger partial charge in [0.1, 0.15) is 5.69 Å². The van der Waals surface area contributed by atoms with E-state index >= 15 is 0 Å². The Morgan fingerprint density at radius 2 is 2.06 bits per heavy atom. The number of aromatic nitrogens is 3. The zero-order valence-corrected chi connectivity index (χ0v) is 10.2. The molecular formula is C9H6F3N3S2. The molecule has 0 aliphatic rings. The Kier molecular flexibility index (Phi) is 3.34. The Hall–Kier alpha value is -1.15. The molecule has 0 N–H and O–H groups in total. The van der Waals surface area contributed by atoms with Gasteiger partial charge in [-0.1, -0.05) is 0 Å². The van der Waals surface area contributed by atoms with E-state index in [1.807, 2.05) is 12.3 Å². The molecule has 90 valence electrons. The van der Waals surface area contributed by atoms with E-state index in [1.54, 1.807) is 0 Å². The predicted octanol–water partition coefficient (Wildman–Crippen LogP) is 3.41. The summed E-state index contributed by atoms with van der Waals surface area (Å²) in [5.74, 6) is 0. The van der Waals surface area contributed by atoms with Crippen molar-refractivity contribution in [3.63, 3.8) is 0 Å². The minimum Gasteiger partial charge on any atom is -0.235 e. The summed E-state index contributed by atoms with van der Waals surface area (Å²) >= 11 is 2.37. The third-order valence-corrected chi connectivity index (χ3v) is 3.64. The van der Waals surface area contributed by atoms with Crippen LogP contribution < -0.4 is 0 Å². The standard InChI is InChI=1S/C9H6F3N3S2/c1-5-4-16-8(14-5)17-7-13-3-2-6(15-7)9(10,11)12/h2-4H,1H3.